The molecule has 1 aromatic carbocycles. The van der Waals surface area contributed by atoms with E-state index < -0.39 is 0 Å². The van der Waals surface area contributed by atoms with Gasteiger partial charge in [-0.2, -0.15) is 0 Å². The van der Waals surface area contributed by atoms with E-state index in [4.69, 9.17) is 4.74 Å². The molecule has 0 saturated carbocycles. The second kappa shape index (κ2) is 4.02. The summed E-state index contributed by atoms with van der Waals surface area (Å²) in [6, 6.07) is 5.97. The van der Waals surface area contributed by atoms with E-state index in [0.717, 1.165) is 15.1 Å². The van der Waals surface area contributed by atoms with Gasteiger partial charge in [0.25, 0.3) is 0 Å². The van der Waals surface area contributed by atoms with Crippen molar-refractivity contribution in [3.8, 4) is 5.75 Å². The molecule has 1 nitrogen and oxygen atoms in total. The van der Waals surface area contributed by atoms with Crippen LogP contribution >= 0.6 is 27.7 Å². The molecule has 1 rings (SSSR count). The standard InChI is InChI=1S/C8H9BrOS/c1-10-7-4-3-6(9)5-8(7)11-2/h3-5H,1-2H3. The van der Waals surface area contributed by atoms with Crippen LogP contribution in [0.1, 0.15) is 0 Å². The lowest BCUT2D eigenvalue weighted by atomic mass is 10.3. The fourth-order valence-corrected chi connectivity index (χ4v) is 1.92. The second-order valence-electron chi connectivity index (χ2n) is 2.00. The third-order valence-corrected chi connectivity index (χ3v) is 2.60. The van der Waals surface area contributed by atoms with Gasteiger partial charge in [0.05, 0.1) is 12.0 Å². The number of methoxy groups -OCH3 is 1. The zero-order valence-corrected chi connectivity index (χ0v) is 8.83. The molecule has 1 aromatic rings. The van der Waals surface area contributed by atoms with Crippen molar-refractivity contribution in [1.29, 1.82) is 0 Å². The lowest BCUT2D eigenvalue weighted by Gasteiger charge is -2.05. The van der Waals surface area contributed by atoms with Crippen molar-refractivity contribution in [2.75, 3.05) is 13.4 Å². The second-order valence-corrected chi connectivity index (χ2v) is 3.76. The molecule has 11 heavy (non-hydrogen) atoms. The van der Waals surface area contributed by atoms with Crippen LogP contribution in [0.15, 0.2) is 27.6 Å². The topological polar surface area (TPSA) is 9.23 Å². The quantitative estimate of drug-likeness (QED) is 0.725. The number of rotatable bonds is 2. The van der Waals surface area contributed by atoms with Gasteiger partial charge in [-0.1, -0.05) is 15.9 Å². The van der Waals surface area contributed by atoms with E-state index in [0.29, 0.717) is 0 Å². The Morgan fingerprint density at radius 1 is 1.45 bits per heavy atom. The van der Waals surface area contributed by atoms with Crippen molar-refractivity contribution in [1.82, 2.24) is 0 Å². The number of thioether (sulfide) groups is 1. The molecule has 0 radical (unpaired) electrons. The van der Waals surface area contributed by atoms with Crippen molar-refractivity contribution < 1.29 is 4.74 Å². The van der Waals surface area contributed by atoms with Crippen molar-refractivity contribution in [3.63, 3.8) is 0 Å². The predicted octanol–water partition coefficient (Wildman–Crippen LogP) is 3.18. The van der Waals surface area contributed by atoms with Crippen molar-refractivity contribution >= 4 is 27.7 Å². The van der Waals surface area contributed by atoms with Gasteiger partial charge in [0.2, 0.25) is 0 Å². The van der Waals surface area contributed by atoms with Crippen molar-refractivity contribution in [2.45, 2.75) is 4.90 Å². The van der Waals surface area contributed by atoms with E-state index in [1.165, 1.54) is 0 Å². The first-order valence-corrected chi connectivity index (χ1v) is 5.17. The zero-order chi connectivity index (χ0) is 8.27. The van der Waals surface area contributed by atoms with Crippen molar-refractivity contribution in [2.24, 2.45) is 0 Å². The molecule has 0 aliphatic heterocycles. The average Bonchev–Trinajstić information content (AvgIpc) is 2.04. The number of benzene rings is 1. The van der Waals surface area contributed by atoms with Gasteiger partial charge in [-0.25, -0.2) is 0 Å². The summed E-state index contributed by atoms with van der Waals surface area (Å²) in [6.07, 6.45) is 2.03. The average molecular weight is 233 g/mol. The third kappa shape index (κ3) is 2.14. The van der Waals surface area contributed by atoms with E-state index in [2.05, 4.69) is 15.9 Å². The van der Waals surface area contributed by atoms with Crippen molar-refractivity contribution in [3.05, 3.63) is 22.7 Å². The molecule has 0 amide bonds. The summed E-state index contributed by atoms with van der Waals surface area (Å²) >= 11 is 5.08. The fourth-order valence-electron chi connectivity index (χ4n) is 0.810. The minimum atomic E-state index is 0.931. The van der Waals surface area contributed by atoms with Gasteiger partial charge in [-0.3, -0.25) is 0 Å². The van der Waals surface area contributed by atoms with Gasteiger partial charge in [0.15, 0.2) is 0 Å². The molecule has 0 atom stereocenters. The monoisotopic (exact) mass is 232 g/mol. The van der Waals surface area contributed by atoms with E-state index in [1.54, 1.807) is 18.9 Å². The van der Waals surface area contributed by atoms with Gasteiger partial charge < -0.3 is 4.74 Å². The molecule has 0 fully saturated rings. The maximum Gasteiger partial charge on any atom is 0.132 e. The minimum absolute atomic E-state index is 0.931. The summed E-state index contributed by atoms with van der Waals surface area (Å²) in [6.45, 7) is 0. The number of halogens is 1. The summed E-state index contributed by atoms with van der Waals surface area (Å²) in [4.78, 5) is 1.15. The Labute approximate surface area is 79.3 Å². The zero-order valence-electron chi connectivity index (χ0n) is 6.43. The Morgan fingerprint density at radius 2 is 2.18 bits per heavy atom. The van der Waals surface area contributed by atoms with Crippen LogP contribution in [0, 0.1) is 0 Å². The van der Waals surface area contributed by atoms with Crippen LogP contribution in [-0.2, 0) is 0 Å². The van der Waals surface area contributed by atoms with Gasteiger partial charge in [0, 0.05) is 4.47 Å². The van der Waals surface area contributed by atoms with Gasteiger partial charge >= 0.3 is 0 Å². The Kier molecular flexibility index (Phi) is 3.27. The fraction of sp³-hybridized carbons (Fsp3) is 0.250. The number of ether oxygens (including phenoxy) is 1. The molecule has 0 aliphatic rings. The summed E-state index contributed by atoms with van der Waals surface area (Å²) in [5.41, 5.74) is 0. The molecule has 60 valence electrons. The number of hydrogen-bond donors (Lipinski definition) is 0. The molecule has 0 bridgehead atoms. The maximum atomic E-state index is 5.15. The molecule has 0 N–H and O–H groups in total. The Bertz CT molecular complexity index is 250. The molecular formula is C8H9BrOS. The Balaban J connectivity index is 3.06. The van der Waals surface area contributed by atoms with Gasteiger partial charge in [-0.05, 0) is 24.5 Å². The third-order valence-electron chi connectivity index (χ3n) is 1.35. The van der Waals surface area contributed by atoms with Crippen LogP contribution < -0.4 is 4.74 Å². The molecule has 0 saturated heterocycles. The van der Waals surface area contributed by atoms with E-state index in [-0.39, 0.29) is 0 Å². The smallest absolute Gasteiger partial charge is 0.132 e. The van der Waals surface area contributed by atoms with Crippen LogP contribution in [0.3, 0.4) is 0 Å². The summed E-state index contributed by atoms with van der Waals surface area (Å²) in [5.74, 6) is 0.931. The van der Waals surface area contributed by atoms with Crippen LogP contribution in [0.2, 0.25) is 0 Å². The van der Waals surface area contributed by atoms with E-state index >= 15 is 0 Å². The summed E-state index contributed by atoms with van der Waals surface area (Å²) in [5, 5.41) is 0. The maximum absolute atomic E-state index is 5.15. The largest absolute Gasteiger partial charge is 0.496 e. The summed E-state index contributed by atoms with van der Waals surface area (Å²) < 4.78 is 6.24. The number of hydrogen-bond acceptors (Lipinski definition) is 2. The van der Waals surface area contributed by atoms with Gasteiger partial charge in [-0.15, -0.1) is 11.8 Å². The first-order chi connectivity index (χ1) is 5.27. The summed E-state index contributed by atoms with van der Waals surface area (Å²) in [7, 11) is 1.68. The Hall–Kier alpha value is -0.150. The van der Waals surface area contributed by atoms with Crippen LogP contribution in [0.4, 0.5) is 0 Å². The highest BCUT2D eigenvalue weighted by atomic mass is 79.9. The highest BCUT2D eigenvalue weighted by Crippen LogP contribution is 2.29. The first kappa shape index (κ1) is 8.94. The molecule has 3 heteroatoms. The minimum Gasteiger partial charge on any atom is -0.496 e. The van der Waals surface area contributed by atoms with Crippen LogP contribution in [-0.4, -0.2) is 13.4 Å². The molecule has 0 aromatic heterocycles. The molecule has 0 aliphatic carbocycles. The normalized spacial score (nSPS) is 9.73. The lowest BCUT2D eigenvalue weighted by Crippen LogP contribution is -1.84. The molecule has 0 spiro atoms. The SMILES string of the molecule is COc1ccc(Br)cc1SC. The molecule has 0 unspecified atom stereocenters. The first-order valence-electron chi connectivity index (χ1n) is 3.15. The van der Waals surface area contributed by atoms with E-state index in [9.17, 15) is 0 Å². The van der Waals surface area contributed by atoms with E-state index in [1.807, 2.05) is 24.5 Å². The highest BCUT2D eigenvalue weighted by molar-refractivity contribution is 9.10. The lowest BCUT2D eigenvalue weighted by molar-refractivity contribution is 0.405. The van der Waals surface area contributed by atoms with Crippen LogP contribution in [0.25, 0.3) is 0 Å². The molecule has 0 heterocycles. The van der Waals surface area contributed by atoms with Crippen LogP contribution in [0.5, 0.6) is 5.75 Å². The predicted molar refractivity (Wildman–Crippen MR) is 52.5 cm³/mol. The highest BCUT2D eigenvalue weighted by Gasteiger charge is 2.00. The Morgan fingerprint density at radius 3 is 2.73 bits per heavy atom. The van der Waals surface area contributed by atoms with Gasteiger partial charge in [0.1, 0.15) is 5.75 Å². The molecular weight excluding hydrogens is 224 g/mol.